The second-order valence-electron chi connectivity index (χ2n) is 6.74. The fourth-order valence-electron chi connectivity index (χ4n) is 3.21. The molecule has 0 aromatic heterocycles. The smallest absolute Gasteiger partial charge is 0.280 e. The van der Waals surface area contributed by atoms with Crippen molar-refractivity contribution in [2.75, 3.05) is 0 Å². The highest BCUT2D eigenvalue weighted by molar-refractivity contribution is 5.88. The number of hydrogen-bond acceptors (Lipinski definition) is 4. The van der Waals surface area contributed by atoms with Gasteiger partial charge in [0.2, 0.25) is 0 Å². The van der Waals surface area contributed by atoms with Crippen LogP contribution in [0.1, 0.15) is 49.7 Å². The van der Waals surface area contributed by atoms with Gasteiger partial charge >= 0.3 is 0 Å². The van der Waals surface area contributed by atoms with E-state index >= 15 is 0 Å². The molecule has 1 fully saturated rings. The van der Waals surface area contributed by atoms with E-state index in [1.165, 1.54) is 5.56 Å². The molecule has 0 spiro atoms. The van der Waals surface area contributed by atoms with Gasteiger partial charge in [-0.05, 0) is 68.4 Å². The van der Waals surface area contributed by atoms with E-state index in [1.54, 1.807) is 31.2 Å². The van der Waals surface area contributed by atoms with Gasteiger partial charge in [0.1, 0.15) is 5.75 Å². The van der Waals surface area contributed by atoms with Crippen LogP contribution in [0.3, 0.4) is 0 Å². The Bertz CT molecular complexity index is 828. The average Bonchev–Trinajstić information content (AvgIpc) is 2.73. The first-order valence-corrected chi connectivity index (χ1v) is 9.23. The van der Waals surface area contributed by atoms with Crippen molar-refractivity contribution in [1.29, 1.82) is 5.26 Å². The Morgan fingerprint density at radius 1 is 1.15 bits per heavy atom. The van der Waals surface area contributed by atoms with E-state index in [4.69, 9.17) is 10.00 Å². The number of rotatable bonds is 5. The number of carbonyl (C=O) groups excluding carboxylic acids is 1. The van der Waals surface area contributed by atoms with Gasteiger partial charge in [0, 0.05) is 5.71 Å². The summed E-state index contributed by atoms with van der Waals surface area (Å²) >= 11 is 0. The van der Waals surface area contributed by atoms with Gasteiger partial charge in [0.15, 0.2) is 6.10 Å². The molecule has 1 N–H and O–H groups in total. The minimum atomic E-state index is -0.664. The molecule has 1 unspecified atom stereocenters. The molecule has 1 aliphatic carbocycles. The Hall–Kier alpha value is -3.13. The molecule has 1 atom stereocenters. The summed E-state index contributed by atoms with van der Waals surface area (Å²) in [5.74, 6) is 0.837. The van der Waals surface area contributed by atoms with Crippen molar-refractivity contribution in [3.05, 3.63) is 65.7 Å². The highest BCUT2D eigenvalue weighted by Gasteiger charge is 2.20. The van der Waals surface area contributed by atoms with Crippen molar-refractivity contribution in [3.63, 3.8) is 0 Å². The third kappa shape index (κ3) is 5.18. The van der Waals surface area contributed by atoms with Crippen LogP contribution in [0.5, 0.6) is 5.75 Å². The van der Waals surface area contributed by atoms with Gasteiger partial charge in [0.05, 0.1) is 11.6 Å². The second-order valence-corrected chi connectivity index (χ2v) is 6.74. The minimum Gasteiger partial charge on any atom is -0.481 e. The van der Waals surface area contributed by atoms with E-state index in [-0.39, 0.29) is 5.91 Å². The van der Waals surface area contributed by atoms with Gasteiger partial charge in [-0.1, -0.05) is 30.3 Å². The summed E-state index contributed by atoms with van der Waals surface area (Å²) in [6.07, 6.45) is 3.23. The fraction of sp³-hybridized carbons (Fsp3) is 0.318. The summed E-state index contributed by atoms with van der Waals surface area (Å²) in [5.41, 5.74) is 5.58. The lowest BCUT2D eigenvalue weighted by Crippen LogP contribution is -2.34. The van der Waals surface area contributed by atoms with Crippen LogP contribution in [0.2, 0.25) is 0 Å². The average molecular weight is 361 g/mol. The number of hydrazone groups is 1. The molecule has 0 bridgehead atoms. The molecule has 2 aromatic rings. The molecular weight excluding hydrogens is 338 g/mol. The summed E-state index contributed by atoms with van der Waals surface area (Å²) < 4.78 is 5.60. The lowest BCUT2D eigenvalue weighted by Gasteiger charge is -2.23. The lowest BCUT2D eigenvalue weighted by molar-refractivity contribution is -0.127. The quantitative estimate of drug-likeness (QED) is 0.813. The number of carbonyl (C=O) groups is 1. The number of ether oxygens (including phenoxy) is 1. The topological polar surface area (TPSA) is 74.5 Å². The SMILES string of the molecule is CC(Oc1ccc(C#N)cc1)C(=O)NN=C1CCC(c2ccccc2)CC1. The predicted molar refractivity (Wildman–Crippen MR) is 104 cm³/mol. The first-order valence-electron chi connectivity index (χ1n) is 9.23. The standard InChI is InChI=1S/C22H23N3O2/c1-16(27-21-13-7-17(15-23)8-14-21)22(26)25-24-20-11-9-19(10-12-20)18-5-3-2-4-6-18/h2-8,13-14,16,19H,9-12H2,1H3,(H,25,26). The summed E-state index contributed by atoms with van der Waals surface area (Å²) in [5, 5.41) is 13.1. The number of benzene rings is 2. The van der Waals surface area contributed by atoms with Gasteiger partial charge in [-0.2, -0.15) is 10.4 Å². The molecule has 2 aromatic carbocycles. The van der Waals surface area contributed by atoms with Gasteiger partial charge in [-0.3, -0.25) is 4.79 Å². The van der Waals surface area contributed by atoms with Gasteiger partial charge in [-0.25, -0.2) is 5.43 Å². The van der Waals surface area contributed by atoms with E-state index in [2.05, 4.69) is 34.8 Å². The van der Waals surface area contributed by atoms with Crippen LogP contribution in [-0.4, -0.2) is 17.7 Å². The summed E-state index contributed by atoms with van der Waals surface area (Å²) in [6, 6.07) is 19.3. The Balaban J connectivity index is 1.47. The molecule has 5 heteroatoms. The van der Waals surface area contributed by atoms with Crippen LogP contribution in [0.15, 0.2) is 59.7 Å². The highest BCUT2D eigenvalue weighted by Crippen LogP contribution is 2.31. The van der Waals surface area contributed by atoms with E-state index in [1.807, 2.05) is 12.1 Å². The molecule has 3 rings (SSSR count). The second kappa shape index (κ2) is 9.00. The van der Waals surface area contributed by atoms with Crippen LogP contribution in [0.4, 0.5) is 0 Å². The Morgan fingerprint density at radius 2 is 1.81 bits per heavy atom. The van der Waals surface area contributed by atoms with Crippen molar-refractivity contribution in [2.24, 2.45) is 5.10 Å². The van der Waals surface area contributed by atoms with Crippen LogP contribution in [-0.2, 0) is 4.79 Å². The number of nitrogens with zero attached hydrogens (tertiary/aromatic N) is 2. The molecule has 1 aliphatic rings. The summed E-state index contributed by atoms with van der Waals surface area (Å²) in [6.45, 7) is 1.68. The van der Waals surface area contributed by atoms with Crippen LogP contribution >= 0.6 is 0 Å². The Morgan fingerprint density at radius 3 is 2.44 bits per heavy atom. The maximum absolute atomic E-state index is 12.2. The zero-order valence-electron chi connectivity index (χ0n) is 15.4. The Kier molecular flexibility index (Phi) is 6.22. The lowest BCUT2D eigenvalue weighted by atomic mass is 9.83. The molecule has 0 aliphatic heterocycles. The van der Waals surface area contributed by atoms with E-state index in [0.717, 1.165) is 31.4 Å². The highest BCUT2D eigenvalue weighted by atomic mass is 16.5. The molecule has 0 radical (unpaired) electrons. The number of hydrogen-bond donors (Lipinski definition) is 1. The molecular formula is C22H23N3O2. The van der Waals surface area contributed by atoms with Crippen molar-refractivity contribution < 1.29 is 9.53 Å². The monoisotopic (exact) mass is 361 g/mol. The molecule has 0 heterocycles. The fourth-order valence-corrected chi connectivity index (χ4v) is 3.21. The summed E-state index contributed by atoms with van der Waals surface area (Å²) in [4.78, 5) is 12.2. The molecule has 27 heavy (non-hydrogen) atoms. The molecule has 1 saturated carbocycles. The van der Waals surface area contributed by atoms with Crippen molar-refractivity contribution >= 4 is 11.6 Å². The van der Waals surface area contributed by atoms with Crippen molar-refractivity contribution in [1.82, 2.24) is 5.43 Å². The molecule has 1 amide bonds. The predicted octanol–water partition coefficient (Wildman–Crippen LogP) is 4.16. The third-order valence-corrected chi connectivity index (χ3v) is 4.82. The zero-order chi connectivity index (χ0) is 19.1. The number of nitriles is 1. The van der Waals surface area contributed by atoms with Crippen LogP contribution in [0, 0.1) is 11.3 Å². The normalized spacial score (nSPS) is 17.5. The van der Waals surface area contributed by atoms with Crippen molar-refractivity contribution in [3.8, 4) is 11.8 Å². The minimum absolute atomic E-state index is 0.281. The van der Waals surface area contributed by atoms with Gasteiger partial charge in [0.25, 0.3) is 5.91 Å². The zero-order valence-corrected chi connectivity index (χ0v) is 15.4. The van der Waals surface area contributed by atoms with Crippen LogP contribution < -0.4 is 10.2 Å². The first-order chi connectivity index (χ1) is 13.2. The first kappa shape index (κ1) is 18.7. The maximum atomic E-state index is 12.2. The van der Waals surface area contributed by atoms with Gasteiger partial charge in [-0.15, -0.1) is 0 Å². The summed E-state index contributed by atoms with van der Waals surface area (Å²) in [7, 11) is 0. The van der Waals surface area contributed by atoms with E-state index in [0.29, 0.717) is 17.2 Å². The van der Waals surface area contributed by atoms with E-state index < -0.39 is 6.10 Å². The van der Waals surface area contributed by atoms with Crippen molar-refractivity contribution in [2.45, 2.75) is 44.6 Å². The van der Waals surface area contributed by atoms with Crippen LogP contribution in [0.25, 0.3) is 0 Å². The third-order valence-electron chi connectivity index (χ3n) is 4.82. The molecule has 0 saturated heterocycles. The Labute approximate surface area is 159 Å². The molecule has 5 nitrogen and oxygen atoms in total. The number of amides is 1. The van der Waals surface area contributed by atoms with Gasteiger partial charge < -0.3 is 4.74 Å². The molecule has 138 valence electrons. The maximum Gasteiger partial charge on any atom is 0.280 e. The largest absolute Gasteiger partial charge is 0.481 e. The van der Waals surface area contributed by atoms with E-state index in [9.17, 15) is 4.79 Å². The number of nitrogens with one attached hydrogen (secondary N) is 1.